The molecule has 0 atom stereocenters. The Morgan fingerprint density at radius 1 is 1.38 bits per heavy atom. The fourth-order valence-electron chi connectivity index (χ4n) is 1.65. The highest BCUT2D eigenvalue weighted by molar-refractivity contribution is 14.0. The molecule has 2 rings (SSSR count). The van der Waals surface area contributed by atoms with Gasteiger partial charge in [0.2, 0.25) is 0 Å². The largest absolute Gasteiger partial charge is 0.357 e. The molecule has 21 heavy (non-hydrogen) atoms. The molecule has 0 saturated heterocycles. The molecule has 116 valence electrons. The Labute approximate surface area is 145 Å². The minimum atomic E-state index is 0. The van der Waals surface area contributed by atoms with Crippen molar-refractivity contribution in [3.05, 3.63) is 33.5 Å². The summed E-state index contributed by atoms with van der Waals surface area (Å²) in [5.74, 6) is 0.785. The molecule has 0 aliphatic heterocycles. The first-order chi connectivity index (χ1) is 9.69. The zero-order chi connectivity index (χ0) is 14.4. The number of halogens is 1. The number of nitrogens with one attached hydrogen (secondary N) is 3. The molecule has 0 bridgehead atoms. The summed E-state index contributed by atoms with van der Waals surface area (Å²) >= 11 is 1.72. The van der Waals surface area contributed by atoms with Crippen molar-refractivity contribution >= 4 is 41.3 Å². The smallest absolute Gasteiger partial charge is 0.191 e. The molecule has 0 saturated carbocycles. The van der Waals surface area contributed by atoms with E-state index in [0.717, 1.165) is 28.9 Å². The molecule has 0 aliphatic rings. The number of aromatic nitrogens is 3. The van der Waals surface area contributed by atoms with Crippen molar-refractivity contribution < 1.29 is 0 Å². The van der Waals surface area contributed by atoms with E-state index >= 15 is 0 Å². The summed E-state index contributed by atoms with van der Waals surface area (Å²) in [5, 5.41) is 14.4. The van der Waals surface area contributed by atoms with Crippen LogP contribution < -0.4 is 10.6 Å². The predicted molar refractivity (Wildman–Crippen MR) is 97.2 cm³/mol. The van der Waals surface area contributed by atoms with Crippen molar-refractivity contribution in [3.63, 3.8) is 0 Å². The van der Waals surface area contributed by atoms with Gasteiger partial charge in [-0.3, -0.25) is 5.10 Å². The molecule has 0 amide bonds. The lowest BCUT2D eigenvalue weighted by molar-refractivity contribution is 0.804. The van der Waals surface area contributed by atoms with Crippen LogP contribution in [0, 0.1) is 13.8 Å². The van der Waals surface area contributed by atoms with Crippen LogP contribution in [-0.2, 0) is 13.1 Å². The maximum Gasteiger partial charge on any atom is 0.191 e. The third-order valence-corrected chi connectivity index (χ3v) is 3.86. The average Bonchev–Trinajstić information content (AvgIpc) is 3.04. The SMILES string of the molecule is CCNC(=NCc1ccn[nH]1)NCc1nc(C)c(C)s1.I. The predicted octanol–water partition coefficient (Wildman–Crippen LogP) is 2.36. The highest BCUT2D eigenvalue weighted by Gasteiger charge is 2.04. The molecule has 6 nitrogen and oxygen atoms in total. The van der Waals surface area contributed by atoms with E-state index in [0.29, 0.717) is 13.1 Å². The van der Waals surface area contributed by atoms with Crippen LogP contribution in [0.5, 0.6) is 0 Å². The van der Waals surface area contributed by atoms with E-state index in [2.05, 4.69) is 37.7 Å². The van der Waals surface area contributed by atoms with Gasteiger partial charge in [-0.2, -0.15) is 5.10 Å². The molecular formula is C13H21IN6S. The Bertz CT molecular complexity index is 544. The molecule has 2 aromatic rings. The lowest BCUT2D eigenvalue weighted by Crippen LogP contribution is -2.36. The van der Waals surface area contributed by atoms with E-state index in [-0.39, 0.29) is 24.0 Å². The Morgan fingerprint density at radius 3 is 2.76 bits per heavy atom. The van der Waals surface area contributed by atoms with Gasteiger partial charge in [-0.25, -0.2) is 9.98 Å². The number of guanidine groups is 1. The second-order valence-corrected chi connectivity index (χ2v) is 5.67. The molecule has 2 heterocycles. The van der Waals surface area contributed by atoms with Crippen molar-refractivity contribution in [2.24, 2.45) is 4.99 Å². The molecular weight excluding hydrogens is 399 g/mol. The summed E-state index contributed by atoms with van der Waals surface area (Å²) in [6.07, 6.45) is 1.73. The molecule has 0 spiro atoms. The summed E-state index contributed by atoms with van der Waals surface area (Å²) in [7, 11) is 0. The minimum absolute atomic E-state index is 0. The van der Waals surface area contributed by atoms with E-state index < -0.39 is 0 Å². The Hall–Kier alpha value is -1.16. The fraction of sp³-hybridized carbons (Fsp3) is 0.462. The van der Waals surface area contributed by atoms with Gasteiger partial charge in [0, 0.05) is 17.6 Å². The van der Waals surface area contributed by atoms with Crippen LogP contribution >= 0.6 is 35.3 Å². The van der Waals surface area contributed by atoms with Crippen molar-refractivity contribution in [2.45, 2.75) is 33.9 Å². The average molecular weight is 420 g/mol. The quantitative estimate of drug-likeness (QED) is 0.394. The monoisotopic (exact) mass is 420 g/mol. The third kappa shape index (κ3) is 5.62. The Morgan fingerprint density at radius 2 is 2.19 bits per heavy atom. The summed E-state index contributed by atoms with van der Waals surface area (Å²) in [4.78, 5) is 10.3. The van der Waals surface area contributed by atoms with Crippen LogP contribution in [0.3, 0.4) is 0 Å². The van der Waals surface area contributed by atoms with Gasteiger partial charge in [0.1, 0.15) is 5.01 Å². The van der Waals surface area contributed by atoms with Crippen LogP contribution in [0.2, 0.25) is 0 Å². The number of rotatable bonds is 5. The van der Waals surface area contributed by atoms with Crippen LogP contribution in [0.15, 0.2) is 17.3 Å². The number of aliphatic imine (C=N–C) groups is 1. The molecule has 0 fully saturated rings. The topological polar surface area (TPSA) is 78.0 Å². The van der Waals surface area contributed by atoms with Gasteiger partial charge in [0.25, 0.3) is 0 Å². The first-order valence-corrected chi connectivity index (χ1v) is 7.44. The second kappa shape index (κ2) is 8.98. The van der Waals surface area contributed by atoms with E-state index in [1.54, 1.807) is 17.5 Å². The normalized spacial score (nSPS) is 11.1. The molecule has 0 aromatic carbocycles. The highest BCUT2D eigenvalue weighted by atomic mass is 127. The van der Waals surface area contributed by atoms with Crippen molar-refractivity contribution in [1.29, 1.82) is 0 Å². The third-order valence-electron chi connectivity index (χ3n) is 2.79. The number of hydrogen-bond donors (Lipinski definition) is 3. The summed E-state index contributed by atoms with van der Waals surface area (Å²) in [5.41, 5.74) is 2.09. The van der Waals surface area contributed by atoms with Gasteiger partial charge < -0.3 is 10.6 Å². The molecule has 2 aromatic heterocycles. The van der Waals surface area contributed by atoms with Gasteiger partial charge >= 0.3 is 0 Å². The van der Waals surface area contributed by atoms with Crippen LogP contribution in [0.4, 0.5) is 0 Å². The highest BCUT2D eigenvalue weighted by Crippen LogP contribution is 2.15. The number of H-pyrrole nitrogens is 1. The first kappa shape index (κ1) is 17.9. The molecule has 0 radical (unpaired) electrons. The number of aromatic amines is 1. The number of aryl methyl sites for hydroxylation is 2. The maximum atomic E-state index is 4.51. The Balaban J connectivity index is 0.00000220. The summed E-state index contributed by atoms with van der Waals surface area (Å²) < 4.78 is 0. The molecule has 8 heteroatoms. The Kier molecular flexibility index (Phi) is 7.65. The first-order valence-electron chi connectivity index (χ1n) is 6.62. The zero-order valence-electron chi connectivity index (χ0n) is 12.4. The second-order valence-electron chi connectivity index (χ2n) is 4.38. The van der Waals surface area contributed by atoms with E-state index in [9.17, 15) is 0 Å². The molecule has 3 N–H and O–H groups in total. The van der Waals surface area contributed by atoms with Gasteiger partial charge in [0.15, 0.2) is 5.96 Å². The van der Waals surface area contributed by atoms with E-state index in [1.165, 1.54) is 4.88 Å². The van der Waals surface area contributed by atoms with E-state index in [4.69, 9.17) is 0 Å². The van der Waals surface area contributed by atoms with Crippen LogP contribution in [-0.4, -0.2) is 27.7 Å². The van der Waals surface area contributed by atoms with Crippen LogP contribution in [0.25, 0.3) is 0 Å². The summed E-state index contributed by atoms with van der Waals surface area (Å²) in [6, 6.07) is 1.92. The van der Waals surface area contributed by atoms with Gasteiger partial charge in [0.05, 0.1) is 24.5 Å². The van der Waals surface area contributed by atoms with Crippen molar-refractivity contribution in [1.82, 2.24) is 25.8 Å². The minimum Gasteiger partial charge on any atom is -0.357 e. The van der Waals surface area contributed by atoms with E-state index in [1.807, 2.05) is 19.9 Å². The lowest BCUT2D eigenvalue weighted by Gasteiger charge is -2.09. The standard InChI is InChI=1S/C13H20N6S.HI/c1-4-14-13(15-7-11-5-6-17-19-11)16-8-12-18-9(2)10(3)20-12;/h5-6H,4,7-8H2,1-3H3,(H,17,19)(H2,14,15,16);1H. The zero-order valence-corrected chi connectivity index (χ0v) is 15.6. The van der Waals surface area contributed by atoms with Gasteiger partial charge in [-0.15, -0.1) is 35.3 Å². The van der Waals surface area contributed by atoms with Crippen molar-refractivity contribution in [2.75, 3.05) is 6.54 Å². The maximum absolute atomic E-state index is 4.51. The van der Waals surface area contributed by atoms with Gasteiger partial charge in [-0.1, -0.05) is 0 Å². The van der Waals surface area contributed by atoms with Crippen molar-refractivity contribution in [3.8, 4) is 0 Å². The molecule has 0 unspecified atom stereocenters. The number of thiazole rings is 1. The van der Waals surface area contributed by atoms with Crippen LogP contribution in [0.1, 0.15) is 28.2 Å². The molecule has 0 aliphatic carbocycles. The number of hydrogen-bond acceptors (Lipinski definition) is 4. The van der Waals surface area contributed by atoms with Gasteiger partial charge in [-0.05, 0) is 26.8 Å². The number of nitrogens with zero attached hydrogens (tertiary/aromatic N) is 3. The lowest BCUT2D eigenvalue weighted by atomic mass is 10.4. The summed E-state index contributed by atoms with van der Waals surface area (Å²) in [6.45, 7) is 8.26. The fourth-order valence-corrected chi connectivity index (χ4v) is 2.53.